The van der Waals surface area contributed by atoms with Crippen LogP contribution in [0.5, 0.6) is 5.75 Å². The lowest BCUT2D eigenvalue weighted by Crippen LogP contribution is -2.17. The zero-order valence-corrected chi connectivity index (χ0v) is 10.3. The van der Waals surface area contributed by atoms with E-state index in [1.54, 1.807) is 6.20 Å². The van der Waals surface area contributed by atoms with Crippen LogP contribution in [0.25, 0.3) is 0 Å². The molecule has 1 aromatic heterocycles. The van der Waals surface area contributed by atoms with Crippen molar-refractivity contribution in [3.05, 3.63) is 47.8 Å². The van der Waals surface area contributed by atoms with Crippen molar-refractivity contribution in [2.24, 2.45) is 0 Å². The first-order valence-corrected chi connectivity index (χ1v) is 6.02. The average Bonchev–Trinajstić information content (AvgIpc) is 2.88. The molecule has 1 aromatic carbocycles. The maximum atomic E-state index is 13.1. The average molecular weight is 267 g/mol. The number of hydrogen-bond acceptors (Lipinski definition) is 3. The summed E-state index contributed by atoms with van der Waals surface area (Å²) in [4.78, 5) is 0. The van der Waals surface area contributed by atoms with E-state index in [-0.39, 0.29) is 0 Å². The number of benzene rings is 1. The first-order chi connectivity index (χ1) is 9.16. The van der Waals surface area contributed by atoms with Crippen LogP contribution in [-0.4, -0.2) is 21.4 Å². The smallest absolute Gasteiger partial charge is 0.187 e. The number of hydrogen-bond donors (Lipinski definition) is 2. The molecule has 2 N–H and O–H groups in total. The van der Waals surface area contributed by atoms with Crippen LogP contribution in [0.2, 0.25) is 0 Å². The zero-order valence-electron chi connectivity index (χ0n) is 10.3. The van der Waals surface area contributed by atoms with Crippen molar-refractivity contribution in [2.45, 2.75) is 19.5 Å². The van der Waals surface area contributed by atoms with Gasteiger partial charge in [-0.15, -0.1) is 0 Å². The Bertz CT molecular complexity index is 506. The number of halogens is 2. The molecule has 2 rings (SSSR count). The van der Waals surface area contributed by atoms with Gasteiger partial charge in [0, 0.05) is 25.5 Å². The highest BCUT2D eigenvalue weighted by Crippen LogP contribution is 2.21. The molecule has 19 heavy (non-hydrogen) atoms. The van der Waals surface area contributed by atoms with Gasteiger partial charge in [0.2, 0.25) is 0 Å². The SMILES string of the molecule is Oc1c(F)cc(CNCCCn2cccn2)cc1F. The van der Waals surface area contributed by atoms with Gasteiger partial charge >= 0.3 is 0 Å². The van der Waals surface area contributed by atoms with Gasteiger partial charge in [0.1, 0.15) is 0 Å². The normalized spacial score (nSPS) is 10.8. The number of aromatic nitrogens is 2. The molecule has 0 bridgehead atoms. The van der Waals surface area contributed by atoms with Gasteiger partial charge in [0.25, 0.3) is 0 Å². The number of phenolic OH excluding ortho intramolecular Hbond substituents is 1. The molecule has 0 spiro atoms. The number of aromatic hydroxyl groups is 1. The van der Waals surface area contributed by atoms with Crippen LogP contribution in [0.4, 0.5) is 8.78 Å². The van der Waals surface area contributed by atoms with Crippen LogP contribution in [0.3, 0.4) is 0 Å². The first kappa shape index (κ1) is 13.5. The third-order valence-electron chi connectivity index (χ3n) is 2.71. The quantitative estimate of drug-likeness (QED) is 0.787. The van der Waals surface area contributed by atoms with Crippen molar-refractivity contribution in [2.75, 3.05) is 6.54 Å². The van der Waals surface area contributed by atoms with E-state index in [9.17, 15) is 8.78 Å². The van der Waals surface area contributed by atoms with E-state index in [1.807, 2.05) is 16.9 Å². The summed E-state index contributed by atoms with van der Waals surface area (Å²) in [6.45, 7) is 1.86. The summed E-state index contributed by atoms with van der Waals surface area (Å²) in [5.74, 6) is -2.80. The van der Waals surface area contributed by atoms with Gasteiger partial charge in [0.15, 0.2) is 17.4 Å². The molecular formula is C13H15F2N3O. The molecule has 0 fully saturated rings. The van der Waals surface area contributed by atoms with Crippen LogP contribution in [0.15, 0.2) is 30.6 Å². The number of rotatable bonds is 6. The highest BCUT2D eigenvalue weighted by Gasteiger charge is 2.08. The Labute approximate surface area is 109 Å². The van der Waals surface area contributed by atoms with Crippen molar-refractivity contribution in [3.8, 4) is 5.75 Å². The number of phenols is 1. The molecule has 6 heteroatoms. The summed E-state index contributed by atoms with van der Waals surface area (Å²) >= 11 is 0. The minimum atomic E-state index is -0.937. The molecule has 0 aliphatic carbocycles. The fourth-order valence-corrected chi connectivity index (χ4v) is 1.75. The molecule has 0 unspecified atom stereocenters. The van der Waals surface area contributed by atoms with Crippen LogP contribution in [0, 0.1) is 11.6 Å². The molecule has 4 nitrogen and oxygen atoms in total. The van der Waals surface area contributed by atoms with Crippen LogP contribution in [0.1, 0.15) is 12.0 Å². The molecule has 1 heterocycles. The Kier molecular flexibility index (Phi) is 4.46. The van der Waals surface area contributed by atoms with Gasteiger partial charge < -0.3 is 10.4 Å². The van der Waals surface area contributed by atoms with Crippen molar-refractivity contribution < 1.29 is 13.9 Å². The van der Waals surface area contributed by atoms with Gasteiger partial charge in [-0.1, -0.05) is 0 Å². The molecule has 0 atom stereocenters. The Hall–Kier alpha value is -1.95. The second-order valence-corrected chi connectivity index (χ2v) is 4.21. The number of aryl methyl sites for hydroxylation is 1. The minimum Gasteiger partial charge on any atom is -0.503 e. The van der Waals surface area contributed by atoms with E-state index in [0.29, 0.717) is 18.7 Å². The zero-order chi connectivity index (χ0) is 13.7. The van der Waals surface area contributed by atoms with E-state index < -0.39 is 17.4 Å². The standard InChI is InChI=1S/C13H15F2N3O/c14-11-7-10(8-12(15)13(11)19)9-16-3-1-5-18-6-2-4-17-18/h2,4,6-8,16,19H,1,3,5,9H2. The highest BCUT2D eigenvalue weighted by molar-refractivity contribution is 5.29. The van der Waals surface area contributed by atoms with E-state index in [4.69, 9.17) is 5.11 Å². The predicted molar refractivity (Wildman–Crippen MR) is 66.6 cm³/mol. The highest BCUT2D eigenvalue weighted by atomic mass is 19.1. The Balaban J connectivity index is 1.74. The minimum absolute atomic E-state index is 0.354. The van der Waals surface area contributed by atoms with E-state index >= 15 is 0 Å². The molecular weight excluding hydrogens is 252 g/mol. The fraction of sp³-hybridized carbons (Fsp3) is 0.308. The Morgan fingerprint density at radius 3 is 2.63 bits per heavy atom. The number of nitrogens with zero attached hydrogens (tertiary/aromatic N) is 2. The summed E-state index contributed by atoms with van der Waals surface area (Å²) < 4.78 is 28.0. The lowest BCUT2D eigenvalue weighted by Gasteiger charge is -2.06. The Morgan fingerprint density at radius 2 is 2.00 bits per heavy atom. The van der Waals surface area contributed by atoms with Crippen LogP contribution < -0.4 is 5.32 Å². The lowest BCUT2D eigenvalue weighted by molar-refractivity contribution is 0.395. The van der Waals surface area contributed by atoms with Crippen molar-refractivity contribution in [1.82, 2.24) is 15.1 Å². The molecule has 102 valence electrons. The van der Waals surface area contributed by atoms with Crippen LogP contribution >= 0.6 is 0 Å². The molecule has 0 aliphatic heterocycles. The van der Waals surface area contributed by atoms with Crippen LogP contribution in [-0.2, 0) is 13.1 Å². The molecule has 0 saturated heterocycles. The summed E-state index contributed by atoms with van der Waals surface area (Å²) in [6, 6.07) is 4.10. The second-order valence-electron chi connectivity index (χ2n) is 4.21. The molecule has 0 radical (unpaired) electrons. The molecule has 0 amide bonds. The maximum Gasteiger partial charge on any atom is 0.187 e. The van der Waals surface area contributed by atoms with Crippen molar-refractivity contribution in [3.63, 3.8) is 0 Å². The lowest BCUT2D eigenvalue weighted by atomic mass is 10.2. The van der Waals surface area contributed by atoms with E-state index in [0.717, 1.165) is 25.1 Å². The summed E-state index contributed by atoms with van der Waals surface area (Å²) in [5, 5.41) is 16.1. The third kappa shape index (κ3) is 3.75. The van der Waals surface area contributed by atoms with Gasteiger partial charge in [-0.25, -0.2) is 8.78 Å². The summed E-state index contributed by atoms with van der Waals surface area (Å²) in [5.41, 5.74) is 0.465. The third-order valence-corrected chi connectivity index (χ3v) is 2.71. The van der Waals surface area contributed by atoms with Crippen molar-refractivity contribution >= 4 is 0 Å². The van der Waals surface area contributed by atoms with Gasteiger partial charge in [0.05, 0.1) is 0 Å². The second kappa shape index (κ2) is 6.29. The Morgan fingerprint density at radius 1 is 1.26 bits per heavy atom. The van der Waals surface area contributed by atoms with E-state index in [2.05, 4.69) is 10.4 Å². The topological polar surface area (TPSA) is 50.1 Å². The summed E-state index contributed by atoms with van der Waals surface area (Å²) in [6.07, 6.45) is 4.46. The molecule has 0 aliphatic rings. The van der Waals surface area contributed by atoms with Crippen molar-refractivity contribution in [1.29, 1.82) is 0 Å². The van der Waals surface area contributed by atoms with E-state index in [1.165, 1.54) is 0 Å². The largest absolute Gasteiger partial charge is 0.503 e. The van der Waals surface area contributed by atoms with Gasteiger partial charge in [-0.05, 0) is 36.7 Å². The molecule has 0 saturated carbocycles. The monoisotopic (exact) mass is 267 g/mol. The maximum absolute atomic E-state index is 13.1. The first-order valence-electron chi connectivity index (χ1n) is 6.02. The molecule has 2 aromatic rings. The fourth-order valence-electron chi connectivity index (χ4n) is 1.75. The van der Waals surface area contributed by atoms with Gasteiger partial charge in [-0.3, -0.25) is 4.68 Å². The number of nitrogens with one attached hydrogen (secondary N) is 1. The predicted octanol–water partition coefficient (Wildman–Crippen LogP) is 2.05. The summed E-state index contributed by atoms with van der Waals surface area (Å²) in [7, 11) is 0. The van der Waals surface area contributed by atoms with Gasteiger partial charge in [-0.2, -0.15) is 5.10 Å².